The van der Waals surface area contributed by atoms with Crippen molar-refractivity contribution in [3.8, 4) is 12.3 Å². The van der Waals surface area contributed by atoms with Gasteiger partial charge in [-0.1, -0.05) is 43.2 Å². The van der Waals surface area contributed by atoms with E-state index in [0.29, 0.717) is 69.0 Å². The molecule has 2 amide bonds. The summed E-state index contributed by atoms with van der Waals surface area (Å²) in [5, 5.41) is 23.3. The number of pyridine rings is 1. The second-order valence-corrected chi connectivity index (χ2v) is 15.6. The summed E-state index contributed by atoms with van der Waals surface area (Å²) < 4.78 is 0. The van der Waals surface area contributed by atoms with Crippen LogP contribution >= 0.6 is 0 Å². The molecule has 1 unspecified atom stereocenters. The first-order valence-electron chi connectivity index (χ1n) is 18.4. The average Bonchev–Trinajstić information content (AvgIpc) is 3.73. The molecule has 49 heavy (non-hydrogen) atoms. The molecule has 2 aliphatic heterocycles. The van der Waals surface area contributed by atoms with Gasteiger partial charge in [0.1, 0.15) is 17.3 Å². The lowest BCUT2D eigenvalue weighted by Gasteiger charge is -2.52. The fourth-order valence-corrected chi connectivity index (χ4v) is 10.5. The molecule has 2 N–H and O–H groups in total. The molecule has 3 aromatic rings. The van der Waals surface area contributed by atoms with Crippen molar-refractivity contribution >= 4 is 28.4 Å². The normalized spacial score (nSPS) is 31.5. The number of carbonyl (C=O) groups is 2. The van der Waals surface area contributed by atoms with Gasteiger partial charge in [-0.15, -0.1) is 6.42 Å². The van der Waals surface area contributed by atoms with Gasteiger partial charge in [-0.3, -0.25) is 9.59 Å². The fraction of sp³-hybridized carbons (Fsp3) is 0.537. The number of rotatable bonds is 4. The predicted octanol–water partition coefficient (Wildman–Crippen LogP) is 5.46. The van der Waals surface area contributed by atoms with Crippen LogP contribution in [0.5, 0.6) is 0 Å². The van der Waals surface area contributed by atoms with E-state index in [1.54, 1.807) is 11.0 Å². The smallest absolute Gasteiger partial charge is 0.273 e. The molecule has 4 fully saturated rings. The lowest BCUT2D eigenvalue weighted by molar-refractivity contribution is -0.135. The molecule has 5 aliphatic rings. The average molecular weight is 661 g/mol. The Balaban J connectivity index is 0.985. The number of para-hydroxylation sites is 1. The quantitative estimate of drug-likeness (QED) is 0.361. The lowest BCUT2D eigenvalue weighted by Crippen LogP contribution is -2.54. The van der Waals surface area contributed by atoms with Gasteiger partial charge >= 0.3 is 0 Å². The molecule has 8 rings (SSSR count). The number of nitrogens with zero attached hydrogens (tertiary/aromatic N) is 4. The summed E-state index contributed by atoms with van der Waals surface area (Å²) in [7, 11) is 0. The molecule has 2 aromatic carbocycles. The number of aliphatic hydroxyl groups is 2. The number of anilines is 1. The van der Waals surface area contributed by atoms with Crippen LogP contribution in [0.25, 0.3) is 10.9 Å². The predicted molar refractivity (Wildman–Crippen MR) is 190 cm³/mol. The van der Waals surface area contributed by atoms with Gasteiger partial charge < -0.3 is 24.9 Å². The number of amides is 2. The summed E-state index contributed by atoms with van der Waals surface area (Å²) in [5.41, 5.74) is 4.67. The molecule has 7 atom stereocenters. The van der Waals surface area contributed by atoms with E-state index in [2.05, 4.69) is 34.9 Å². The van der Waals surface area contributed by atoms with Gasteiger partial charge in [-0.25, -0.2) is 4.98 Å². The molecule has 2 saturated carbocycles. The van der Waals surface area contributed by atoms with Crippen molar-refractivity contribution in [1.82, 2.24) is 14.8 Å². The number of fused-ring (bicyclic) bond motifs is 6. The van der Waals surface area contributed by atoms with Crippen molar-refractivity contribution in [2.45, 2.75) is 88.9 Å². The Morgan fingerprint density at radius 2 is 1.80 bits per heavy atom. The second-order valence-electron chi connectivity index (χ2n) is 15.6. The maximum Gasteiger partial charge on any atom is 0.273 e. The molecular weight excluding hydrogens is 612 g/mol. The summed E-state index contributed by atoms with van der Waals surface area (Å²) in [6.07, 6.45) is 12.4. The Bertz CT molecular complexity index is 1840. The molecule has 3 aliphatic carbocycles. The number of hydrogen-bond acceptors (Lipinski definition) is 6. The fourth-order valence-electron chi connectivity index (χ4n) is 10.5. The Hall–Kier alpha value is -3.93. The molecule has 2 saturated heterocycles. The SMILES string of the molecule is C#C[C@]1(O)CC[C@H]2[C@@H]3CCc4cc(C(C)O)c(N5CCN(C(=O)[C@@H]6CCCN6C(=O)c6ccc7ccccc7n6)CC5)cc4[C@H]3CC[C@@]21C. The Morgan fingerprint density at radius 1 is 1.00 bits per heavy atom. The largest absolute Gasteiger partial charge is 0.389 e. The number of aromatic nitrogens is 1. The van der Waals surface area contributed by atoms with Gasteiger partial charge in [0.05, 0.1) is 11.6 Å². The Labute approximate surface area is 289 Å². The summed E-state index contributed by atoms with van der Waals surface area (Å²) in [6, 6.07) is 15.6. The van der Waals surface area contributed by atoms with E-state index in [4.69, 9.17) is 6.42 Å². The van der Waals surface area contributed by atoms with E-state index in [0.717, 1.165) is 60.7 Å². The van der Waals surface area contributed by atoms with Gasteiger partial charge in [0, 0.05) is 54.8 Å². The maximum atomic E-state index is 13.9. The van der Waals surface area contributed by atoms with E-state index in [-0.39, 0.29) is 17.2 Å². The van der Waals surface area contributed by atoms with E-state index >= 15 is 0 Å². The van der Waals surface area contributed by atoms with Crippen molar-refractivity contribution in [1.29, 1.82) is 0 Å². The molecule has 0 radical (unpaired) electrons. The summed E-state index contributed by atoms with van der Waals surface area (Å²) in [4.78, 5) is 38.1. The molecule has 8 heteroatoms. The molecule has 256 valence electrons. The zero-order valence-corrected chi connectivity index (χ0v) is 28.8. The molecular formula is C41H48N4O4. The van der Waals surface area contributed by atoms with Gasteiger partial charge in [-0.2, -0.15) is 0 Å². The minimum atomic E-state index is -1.02. The third kappa shape index (κ3) is 5.15. The number of piperazine rings is 1. The number of aryl methyl sites for hydroxylation is 1. The minimum absolute atomic E-state index is 0.0177. The molecule has 8 nitrogen and oxygen atoms in total. The number of terminal acetylenes is 1. The van der Waals surface area contributed by atoms with Crippen molar-refractivity contribution < 1.29 is 19.8 Å². The highest BCUT2D eigenvalue weighted by Crippen LogP contribution is 2.64. The van der Waals surface area contributed by atoms with Crippen LogP contribution in [0.1, 0.15) is 98.0 Å². The first-order valence-corrected chi connectivity index (χ1v) is 18.4. The monoisotopic (exact) mass is 660 g/mol. The van der Waals surface area contributed by atoms with E-state index < -0.39 is 17.7 Å². The highest BCUT2D eigenvalue weighted by Gasteiger charge is 2.61. The maximum absolute atomic E-state index is 13.9. The minimum Gasteiger partial charge on any atom is -0.389 e. The summed E-state index contributed by atoms with van der Waals surface area (Å²) in [5.74, 6) is 3.96. The number of hydrogen-bond donors (Lipinski definition) is 2. The number of carbonyl (C=O) groups excluding carboxylic acids is 2. The molecule has 3 heterocycles. The van der Waals surface area contributed by atoms with Crippen LogP contribution < -0.4 is 4.90 Å². The number of benzene rings is 2. The third-order valence-electron chi connectivity index (χ3n) is 13.3. The van der Waals surface area contributed by atoms with Crippen molar-refractivity contribution in [2.24, 2.45) is 17.3 Å². The van der Waals surface area contributed by atoms with Crippen LogP contribution in [0.2, 0.25) is 0 Å². The summed E-state index contributed by atoms with van der Waals surface area (Å²) >= 11 is 0. The van der Waals surface area contributed by atoms with Gasteiger partial charge in [-0.05, 0) is 105 Å². The first-order chi connectivity index (χ1) is 23.6. The molecule has 0 spiro atoms. The van der Waals surface area contributed by atoms with Crippen molar-refractivity contribution in [3.63, 3.8) is 0 Å². The van der Waals surface area contributed by atoms with Gasteiger partial charge in [0.15, 0.2) is 0 Å². The third-order valence-corrected chi connectivity index (χ3v) is 13.3. The van der Waals surface area contributed by atoms with Crippen molar-refractivity contribution in [3.05, 3.63) is 70.9 Å². The van der Waals surface area contributed by atoms with Crippen LogP contribution in [0, 0.1) is 29.6 Å². The van der Waals surface area contributed by atoms with Crippen LogP contribution in [0.15, 0.2) is 48.5 Å². The first kappa shape index (κ1) is 32.3. The van der Waals surface area contributed by atoms with Gasteiger partial charge in [0.25, 0.3) is 5.91 Å². The summed E-state index contributed by atoms with van der Waals surface area (Å²) in [6.45, 7) is 7.10. The number of likely N-dealkylation sites (tertiary alicyclic amines) is 1. The van der Waals surface area contributed by atoms with E-state index in [1.165, 1.54) is 11.1 Å². The van der Waals surface area contributed by atoms with E-state index in [9.17, 15) is 19.8 Å². The van der Waals surface area contributed by atoms with Crippen LogP contribution in [-0.2, 0) is 11.2 Å². The zero-order valence-electron chi connectivity index (χ0n) is 28.8. The second kappa shape index (κ2) is 12.1. The van der Waals surface area contributed by atoms with E-state index in [1.807, 2.05) is 42.2 Å². The zero-order chi connectivity index (χ0) is 34.1. The van der Waals surface area contributed by atoms with Crippen LogP contribution in [0.3, 0.4) is 0 Å². The van der Waals surface area contributed by atoms with Crippen LogP contribution in [-0.4, -0.2) is 81.2 Å². The highest BCUT2D eigenvalue weighted by molar-refractivity contribution is 5.98. The topological polar surface area (TPSA) is 97.2 Å². The highest BCUT2D eigenvalue weighted by atomic mass is 16.3. The standard InChI is InChI=1S/C41H48N4O4/c1-4-41(49)18-16-33-30-13-11-28-24-31(26(2)46)37(25-32(28)29(30)15-17-40(33,41)3)43-20-22-44(23-21-43)39(48)36-10-7-19-45(36)38(47)35-14-12-27-8-5-6-9-34(27)42-35/h1,5-6,8-9,12,14,24-26,29-30,33,36,46,49H,7,10-11,13,15-23H2,2-3H3/t26?,29-,30+,33-,36-,40-,41-/m0/s1. The van der Waals surface area contributed by atoms with Crippen molar-refractivity contribution in [2.75, 3.05) is 37.6 Å². The number of aliphatic hydroxyl groups excluding tert-OH is 1. The Morgan fingerprint density at radius 3 is 2.57 bits per heavy atom. The van der Waals surface area contributed by atoms with Crippen LogP contribution in [0.4, 0.5) is 5.69 Å². The molecule has 1 aromatic heterocycles. The molecule has 0 bridgehead atoms. The Kier molecular flexibility index (Phi) is 8.00. The van der Waals surface area contributed by atoms with Gasteiger partial charge in [0.2, 0.25) is 5.91 Å². The lowest BCUT2D eigenvalue weighted by atomic mass is 9.53.